The first-order valence-electron chi connectivity index (χ1n) is 9.44. The molecule has 1 heterocycles. The molecule has 17 heteroatoms. The van der Waals surface area contributed by atoms with Gasteiger partial charge in [0.05, 0.1) is 18.2 Å². The number of alkyl halides is 3. The molecule has 0 spiro atoms. The summed E-state index contributed by atoms with van der Waals surface area (Å²) < 4.78 is 101. The Morgan fingerprint density at radius 3 is 2.14 bits per heavy atom. The standard InChI is InChI=1S/C20H9B2F7N2O5S/c1-35-31-19(34)17-5(2-3-37-17)18(33)30-15-13(25)11(23)9(12(24)14(15)26)8-7(32)4-6(21)16(10(8)22)36-20(27,28)29/h2-4,32H,1H3,(H,30,33)(H,31,34). The molecule has 3 N–H and O–H groups in total. The van der Waals surface area contributed by atoms with Crippen LogP contribution < -0.4 is 26.5 Å². The van der Waals surface area contributed by atoms with Crippen molar-refractivity contribution < 1.29 is 55.0 Å². The molecule has 0 atom stereocenters. The normalized spacial score (nSPS) is 11.4. The van der Waals surface area contributed by atoms with Gasteiger partial charge in [-0.3, -0.25) is 14.4 Å². The van der Waals surface area contributed by atoms with Gasteiger partial charge < -0.3 is 15.2 Å². The van der Waals surface area contributed by atoms with Gasteiger partial charge in [0.1, 0.15) is 37.8 Å². The number of phenols is 1. The van der Waals surface area contributed by atoms with Gasteiger partial charge in [0.2, 0.25) is 0 Å². The number of rotatable bonds is 6. The Balaban J connectivity index is 2.13. The molecule has 0 saturated carbocycles. The van der Waals surface area contributed by atoms with Gasteiger partial charge in [-0.05, 0) is 23.0 Å². The minimum Gasteiger partial charge on any atom is -0.507 e. The number of hydroxylamine groups is 1. The van der Waals surface area contributed by atoms with E-state index >= 15 is 0 Å². The molecule has 0 aliphatic rings. The van der Waals surface area contributed by atoms with Crippen LogP contribution in [0.2, 0.25) is 0 Å². The van der Waals surface area contributed by atoms with E-state index in [0.29, 0.717) is 6.07 Å². The van der Waals surface area contributed by atoms with E-state index in [1.807, 2.05) is 5.48 Å². The second kappa shape index (κ2) is 10.3. The van der Waals surface area contributed by atoms with E-state index in [-0.39, 0.29) is 4.88 Å². The smallest absolute Gasteiger partial charge is 0.507 e. The van der Waals surface area contributed by atoms with E-state index in [0.717, 1.165) is 24.5 Å². The SMILES string of the molecule is [B]c1cc(O)c(-c2c(F)c(F)c(NC(=O)c3ccsc3C(=O)NOC)c(F)c2F)c([B])c1OC(F)(F)F. The third-order valence-corrected chi connectivity index (χ3v) is 5.52. The number of phenolic OH excluding ortho intramolecular Hbond substituents is 1. The molecule has 1 aromatic heterocycles. The number of carbonyl (C=O) groups is 2. The van der Waals surface area contributed by atoms with Crippen molar-refractivity contribution in [3.8, 4) is 22.6 Å². The molecule has 3 aromatic rings. The Bertz CT molecular complexity index is 1390. The van der Waals surface area contributed by atoms with Gasteiger partial charge in [0.25, 0.3) is 11.8 Å². The predicted molar refractivity (Wildman–Crippen MR) is 118 cm³/mol. The van der Waals surface area contributed by atoms with Crippen LogP contribution in [0.25, 0.3) is 11.1 Å². The Morgan fingerprint density at radius 2 is 1.59 bits per heavy atom. The fraction of sp³-hybridized carbons (Fsp3) is 0.100. The molecule has 190 valence electrons. The summed E-state index contributed by atoms with van der Waals surface area (Å²) in [6, 6.07) is 1.43. The van der Waals surface area contributed by atoms with Crippen molar-refractivity contribution >= 4 is 55.5 Å². The fourth-order valence-electron chi connectivity index (χ4n) is 3.13. The zero-order valence-corrected chi connectivity index (χ0v) is 18.8. The molecule has 0 fully saturated rings. The third-order valence-electron chi connectivity index (χ3n) is 4.61. The van der Waals surface area contributed by atoms with Crippen molar-refractivity contribution in [2.45, 2.75) is 6.36 Å². The van der Waals surface area contributed by atoms with Gasteiger partial charge in [-0.25, -0.2) is 23.0 Å². The van der Waals surface area contributed by atoms with E-state index in [9.17, 15) is 45.4 Å². The van der Waals surface area contributed by atoms with Crippen molar-refractivity contribution in [3.63, 3.8) is 0 Å². The molecular weight excluding hydrogens is 535 g/mol. The number of halogens is 7. The van der Waals surface area contributed by atoms with Crippen LogP contribution >= 0.6 is 11.3 Å². The minimum absolute atomic E-state index is 0.283. The average Bonchev–Trinajstić information content (AvgIpc) is 3.30. The summed E-state index contributed by atoms with van der Waals surface area (Å²) in [4.78, 5) is 28.6. The second-order valence-electron chi connectivity index (χ2n) is 6.91. The average molecular weight is 544 g/mol. The highest BCUT2D eigenvalue weighted by atomic mass is 32.1. The summed E-state index contributed by atoms with van der Waals surface area (Å²) >= 11 is 0.728. The number of thiophene rings is 1. The van der Waals surface area contributed by atoms with Gasteiger partial charge in [-0.2, -0.15) is 0 Å². The van der Waals surface area contributed by atoms with Crippen LogP contribution in [0.1, 0.15) is 20.0 Å². The zero-order valence-electron chi connectivity index (χ0n) is 18.0. The fourth-order valence-corrected chi connectivity index (χ4v) is 3.91. The Kier molecular flexibility index (Phi) is 7.78. The van der Waals surface area contributed by atoms with Gasteiger partial charge >= 0.3 is 6.36 Å². The Hall–Kier alpha value is -3.72. The minimum atomic E-state index is -5.39. The van der Waals surface area contributed by atoms with Gasteiger partial charge in [0, 0.05) is 5.56 Å². The highest BCUT2D eigenvalue weighted by molar-refractivity contribution is 7.12. The molecule has 2 amide bonds. The van der Waals surface area contributed by atoms with Gasteiger partial charge in [-0.15, -0.1) is 24.5 Å². The first-order valence-corrected chi connectivity index (χ1v) is 10.3. The van der Waals surface area contributed by atoms with E-state index in [2.05, 4.69) is 9.57 Å². The number of aromatic hydroxyl groups is 1. The van der Waals surface area contributed by atoms with Crippen molar-refractivity contribution in [2.75, 3.05) is 12.4 Å². The van der Waals surface area contributed by atoms with Crippen LogP contribution in [0.5, 0.6) is 11.5 Å². The van der Waals surface area contributed by atoms with Crippen LogP contribution in [0, 0.1) is 23.3 Å². The first kappa shape index (κ1) is 27.9. The van der Waals surface area contributed by atoms with Crippen LogP contribution in [0.4, 0.5) is 36.4 Å². The number of anilines is 1. The molecular formula is C20H9B2F7N2O5S. The lowest BCUT2D eigenvalue weighted by Gasteiger charge is -2.20. The Morgan fingerprint density at radius 1 is 1.00 bits per heavy atom. The van der Waals surface area contributed by atoms with Gasteiger partial charge in [0.15, 0.2) is 23.3 Å². The highest BCUT2D eigenvalue weighted by Crippen LogP contribution is 2.39. The summed E-state index contributed by atoms with van der Waals surface area (Å²) in [5.41, 5.74) is -5.42. The predicted octanol–water partition coefficient (Wildman–Crippen LogP) is 2.71. The molecule has 0 unspecified atom stereocenters. The topological polar surface area (TPSA) is 96.9 Å². The van der Waals surface area contributed by atoms with Gasteiger partial charge in [-0.1, -0.05) is 5.46 Å². The monoisotopic (exact) mass is 544 g/mol. The number of carbonyl (C=O) groups excluding carboxylic acids is 2. The molecule has 7 nitrogen and oxygen atoms in total. The number of ether oxygens (including phenoxy) is 1. The number of benzene rings is 2. The highest BCUT2D eigenvalue weighted by Gasteiger charge is 2.35. The lowest BCUT2D eigenvalue weighted by atomic mass is 9.79. The molecule has 37 heavy (non-hydrogen) atoms. The van der Waals surface area contributed by atoms with Crippen molar-refractivity contribution in [3.05, 3.63) is 51.2 Å². The molecule has 0 saturated heterocycles. The molecule has 3 rings (SSSR count). The third kappa shape index (κ3) is 5.36. The maximum absolute atomic E-state index is 14.9. The number of nitrogens with one attached hydrogen (secondary N) is 2. The molecule has 0 bridgehead atoms. The maximum atomic E-state index is 14.9. The first-order chi connectivity index (χ1) is 17.2. The van der Waals surface area contributed by atoms with E-state index in [4.69, 9.17) is 15.7 Å². The van der Waals surface area contributed by atoms with Crippen LogP contribution in [-0.2, 0) is 4.84 Å². The van der Waals surface area contributed by atoms with Crippen molar-refractivity contribution in [1.82, 2.24) is 5.48 Å². The van der Waals surface area contributed by atoms with Crippen LogP contribution in [0.15, 0.2) is 17.5 Å². The maximum Gasteiger partial charge on any atom is 0.573 e. The Labute approximate surface area is 209 Å². The zero-order chi connectivity index (χ0) is 27.8. The number of amides is 2. The molecule has 0 aliphatic heterocycles. The summed E-state index contributed by atoms with van der Waals surface area (Å²) in [6.07, 6.45) is -5.39. The summed E-state index contributed by atoms with van der Waals surface area (Å²) in [6.45, 7) is 0. The molecule has 2 aromatic carbocycles. The number of hydrogen-bond acceptors (Lipinski definition) is 6. The van der Waals surface area contributed by atoms with Crippen molar-refractivity contribution in [1.29, 1.82) is 0 Å². The van der Waals surface area contributed by atoms with E-state index in [1.54, 1.807) is 5.32 Å². The van der Waals surface area contributed by atoms with E-state index in [1.165, 1.54) is 5.38 Å². The lowest BCUT2D eigenvalue weighted by Crippen LogP contribution is -2.29. The summed E-state index contributed by atoms with van der Waals surface area (Å²) in [5.74, 6) is -13.8. The van der Waals surface area contributed by atoms with Crippen molar-refractivity contribution in [2.24, 2.45) is 0 Å². The van der Waals surface area contributed by atoms with E-state index < -0.39 is 86.2 Å². The quantitative estimate of drug-likeness (QED) is 0.192. The summed E-state index contributed by atoms with van der Waals surface area (Å²) in [5, 5.41) is 12.9. The van der Waals surface area contributed by atoms with Crippen LogP contribution in [0.3, 0.4) is 0 Å². The largest absolute Gasteiger partial charge is 0.573 e. The lowest BCUT2D eigenvalue weighted by molar-refractivity contribution is -0.273. The molecule has 4 radical (unpaired) electrons. The second-order valence-corrected chi connectivity index (χ2v) is 7.83. The molecule has 0 aliphatic carbocycles. The summed E-state index contributed by atoms with van der Waals surface area (Å²) in [7, 11) is 11.9. The number of hydrogen-bond donors (Lipinski definition) is 3. The van der Waals surface area contributed by atoms with Crippen LogP contribution in [-0.4, -0.2) is 46.1 Å².